The molecule has 0 amide bonds. The molecule has 1 aromatic heterocycles. The van der Waals surface area contributed by atoms with Crippen LogP contribution in [0.15, 0.2) is 30.6 Å². The molecule has 0 aliphatic rings. The van der Waals surface area contributed by atoms with E-state index in [1.807, 2.05) is 38.1 Å². The molecule has 0 radical (unpaired) electrons. The minimum Gasteiger partial charge on any atom is -0.491 e. The Kier molecular flexibility index (Phi) is 6.01. The van der Waals surface area contributed by atoms with Gasteiger partial charge in [-0.3, -0.25) is 0 Å². The van der Waals surface area contributed by atoms with Gasteiger partial charge in [-0.2, -0.15) is 0 Å². The topological polar surface area (TPSA) is 79.3 Å². The van der Waals surface area contributed by atoms with Crippen LogP contribution in [0.4, 0.5) is 11.5 Å². The van der Waals surface area contributed by atoms with E-state index in [-0.39, 0.29) is 6.10 Å². The van der Waals surface area contributed by atoms with Gasteiger partial charge in [-0.05, 0) is 31.5 Å². The summed E-state index contributed by atoms with van der Waals surface area (Å²) in [4.78, 5) is 8.03. The van der Waals surface area contributed by atoms with Crippen molar-refractivity contribution in [2.75, 3.05) is 24.2 Å². The first-order chi connectivity index (χ1) is 11.0. The molecule has 1 unspecified atom stereocenters. The Morgan fingerprint density at radius 3 is 2.52 bits per heavy atom. The summed E-state index contributed by atoms with van der Waals surface area (Å²) in [5.41, 5.74) is 1.39. The van der Waals surface area contributed by atoms with Crippen LogP contribution in [0, 0.1) is 0 Å². The molecule has 3 N–H and O–H groups in total. The van der Waals surface area contributed by atoms with E-state index in [9.17, 15) is 5.11 Å². The Bertz CT molecular complexity index is 634. The standard InChI is InChI=1S/C16H21ClN4O2/c1-10(2)23-12-6-4-11(5-7-12)13(22)8-19-16-14(18-3)15(17)20-9-21-16/h4-7,9-10,13,18,22H,8H2,1-3H3,(H,19,20,21). The van der Waals surface area contributed by atoms with Gasteiger partial charge in [0.25, 0.3) is 0 Å². The van der Waals surface area contributed by atoms with Crippen LogP contribution in [0.5, 0.6) is 5.75 Å². The van der Waals surface area contributed by atoms with E-state index >= 15 is 0 Å². The molecule has 1 aromatic carbocycles. The highest BCUT2D eigenvalue weighted by molar-refractivity contribution is 6.32. The summed E-state index contributed by atoms with van der Waals surface area (Å²) in [6.07, 6.45) is 0.812. The number of hydrogen-bond acceptors (Lipinski definition) is 6. The number of hydrogen-bond donors (Lipinski definition) is 3. The van der Waals surface area contributed by atoms with Crippen molar-refractivity contribution in [3.63, 3.8) is 0 Å². The van der Waals surface area contributed by atoms with Crippen LogP contribution in [0.2, 0.25) is 5.15 Å². The third kappa shape index (κ3) is 4.71. The Labute approximate surface area is 140 Å². The SMILES string of the molecule is CNc1c(Cl)ncnc1NCC(O)c1ccc(OC(C)C)cc1. The van der Waals surface area contributed by atoms with E-state index in [2.05, 4.69) is 20.6 Å². The molecule has 0 fully saturated rings. The van der Waals surface area contributed by atoms with Crippen LogP contribution >= 0.6 is 11.6 Å². The summed E-state index contributed by atoms with van der Waals surface area (Å²) in [7, 11) is 1.74. The van der Waals surface area contributed by atoms with Crippen molar-refractivity contribution in [2.24, 2.45) is 0 Å². The largest absolute Gasteiger partial charge is 0.491 e. The Balaban J connectivity index is 1.99. The first kappa shape index (κ1) is 17.3. The number of halogens is 1. The lowest BCUT2D eigenvalue weighted by Crippen LogP contribution is -2.14. The zero-order valence-corrected chi connectivity index (χ0v) is 14.1. The minimum absolute atomic E-state index is 0.120. The number of nitrogens with zero attached hydrogens (tertiary/aromatic N) is 2. The maximum absolute atomic E-state index is 10.3. The van der Waals surface area contributed by atoms with Gasteiger partial charge >= 0.3 is 0 Å². The second-order valence-electron chi connectivity index (χ2n) is 5.27. The maximum Gasteiger partial charge on any atom is 0.157 e. The van der Waals surface area contributed by atoms with Gasteiger partial charge in [0, 0.05) is 13.6 Å². The number of aliphatic hydroxyl groups excluding tert-OH is 1. The van der Waals surface area contributed by atoms with Crippen molar-refractivity contribution in [2.45, 2.75) is 26.1 Å². The Hall–Kier alpha value is -2.05. The molecule has 0 aliphatic heterocycles. The molecule has 0 bridgehead atoms. The van der Waals surface area contributed by atoms with Crippen molar-refractivity contribution in [1.82, 2.24) is 9.97 Å². The minimum atomic E-state index is -0.679. The molecule has 1 atom stereocenters. The van der Waals surface area contributed by atoms with Gasteiger partial charge in [0.1, 0.15) is 17.8 Å². The average Bonchev–Trinajstić information content (AvgIpc) is 2.52. The molecule has 7 heteroatoms. The summed E-state index contributed by atoms with van der Waals surface area (Å²) in [5, 5.41) is 16.6. The first-order valence-electron chi connectivity index (χ1n) is 7.38. The van der Waals surface area contributed by atoms with E-state index in [0.717, 1.165) is 11.3 Å². The molecule has 23 heavy (non-hydrogen) atoms. The van der Waals surface area contributed by atoms with Crippen molar-refractivity contribution < 1.29 is 9.84 Å². The van der Waals surface area contributed by atoms with Crippen molar-refractivity contribution >= 4 is 23.1 Å². The zero-order valence-electron chi connectivity index (χ0n) is 13.4. The zero-order chi connectivity index (χ0) is 16.8. The number of nitrogens with one attached hydrogen (secondary N) is 2. The monoisotopic (exact) mass is 336 g/mol. The first-order valence-corrected chi connectivity index (χ1v) is 7.76. The summed E-state index contributed by atoms with van der Waals surface area (Å²) < 4.78 is 5.58. The van der Waals surface area contributed by atoms with Crippen molar-refractivity contribution in [3.8, 4) is 5.75 Å². The van der Waals surface area contributed by atoms with E-state index < -0.39 is 6.10 Å². The Morgan fingerprint density at radius 1 is 1.22 bits per heavy atom. The lowest BCUT2D eigenvalue weighted by atomic mass is 10.1. The molecule has 1 heterocycles. The highest BCUT2D eigenvalue weighted by atomic mass is 35.5. The van der Waals surface area contributed by atoms with Gasteiger partial charge in [0.2, 0.25) is 0 Å². The maximum atomic E-state index is 10.3. The fourth-order valence-corrected chi connectivity index (χ4v) is 2.30. The molecule has 0 saturated heterocycles. The fourth-order valence-electron chi connectivity index (χ4n) is 2.07. The van der Waals surface area contributed by atoms with Crippen LogP contribution in [-0.2, 0) is 0 Å². The number of ether oxygens (including phenoxy) is 1. The van der Waals surface area contributed by atoms with E-state index in [0.29, 0.717) is 23.2 Å². The number of aliphatic hydroxyl groups is 1. The predicted octanol–water partition coefficient (Wildman–Crippen LogP) is 3.10. The quantitative estimate of drug-likeness (QED) is 0.674. The number of aromatic nitrogens is 2. The van der Waals surface area contributed by atoms with E-state index in [4.69, 9.17) is 16.3 Å². The highest BCUT2D eigenvalue weighted by Gasteiger charge is 2.12. The summed E-state index contributed by atoms with van der Waals surface area (Å²) >= 11 is 5.99. The highest BCUT2D eigenvalue weighted by Crippen LogP contribution is 2.26. The van der Waals surface area contributed by atoms with E-state index in [1.165, 1.54) is 6.33 Å². The third-order valence-corrected chi connectivity index (χ3v) is 3.44. The number of anilines is 2. The molecule has 0 saturated carbocycles. The normalized spacial score (nSPS) is 12.1. The average molecular weight is 337 g/mol. The second kappa shape index (κ2) is 7.99. The van der Waals surface area contributed by atoms with Crippen LogP contribution in [0.3, 0.4) is 0 Å². The molecule has 2 rings (SSSR count). The van der Waals surface area contributed by atoms with Crippen LogP contribution < -0.4 is 15.4 Å². The van der Waals surface area contributed by atoms with Gasteiger partial charge in [0.05, 0.1) is 12.2 Å². The van der Waals surface area contributed by atoms with E-state index in [1.54, 1.807) is 7.05 Å². The Morgan fingerprint density at radius 2 is 1.91 bits per heavy atom. The molecule has 124 valence electrons. The molecule has 0 spiro atoms. The van der Waals surface area contributed by atoms with Gasteiger partial charge in [-0.25, -0.2) is 9.97 Å². The van der Waals surface area contributed by atoms with Gasteiger partial charge in [0.15, 0.2) is 11.0 Å². The van der Waals surface area contributed by atoms with Crippen LogP contribution in [0.25, 0.3) is 0 Å². The predicted molar refractivity (Wildman–Crippen MR) is 92.2 cm³/mol. The van der Waals surface area contributed by atoms with Crippen LogP contribution in [0.1, 0.15) is 25.5 Å². The molecular formula is C16H21ClN4O2. The fraction of sp³-hybridized carbons (Fsp3) is 0.375. The number of benzene rings is 1. The number of rotatable bonds is 7. The van der Waals surface area contributed by atoms with Crippen molar-refractivity contribution in [1.29, 1.82) is 0 Å². The molecule has 2 aromatic rings. The lowest BCUT2D eigenvalue weighted by Gasteiger charge is -2.16. The molecular weight excluding hydrogens is 316 g/mol. The summed E-state index contributed by atoms with van der Waals surface area (Å²) in [6, 6.07) is 7.38. The third-order valence-electron chi connectivity index (χ3n) is 3.15. The molecule has 6 nitrogen and oxygen atoms in total. The second-order valence-corrected chi connectivity index (χ2v) is 5.63. The summed E-state index contributed by atoms with van der Waals surface area (Å²) in [5.74, 6) is 1.33. The van der Waals surface area contributed by atoms with Crippen LogP contribution in [-0.4, -0.2) is 34.8 Å². The van der Waals surface area contributed by atoms with Crippen molar-refractivity contribution in [3.05, 3.63) is 41.3 Å². The van der Waals surface area contributed by atoms with Gasteiger partial charge in [-0.15, -0.1) is 0 Å². The molecule has 0 aliphatic carbocycles. The lowest BCUT2D eigenvalue weighted by molar-refractivity contribution is 0.191. The van der Waals surface area contributed by atoms with Gasteiger partial charge < -0.3 is 20.5 Å². The van der Waals surface area contributed by atoms with Gasteiger partial charge in [-0.1, -0.05) is 23.7 Å². The smallest absolute Gasteiger partial charge is 0.157 e. The summed E-state index contributed by atoms with van der Waals surface area (Å²) in [6.45, 7) is 4.24.